The Bertz CT molecular complexity index is 674. The summed E-state index contributed by atoms with van der Waals surface area (Å²) < 4.78 is 7.56. The lowest BCUT2D eigenvalue weighted by atomic mass is 10.2. The van der Waals surface area contributed by atoms with E-state index >= 15 is 0 Å². The van der Waals surface area contributed by atoms with Crippen LogP contribution < -0.4 is 4.74 Å². The van der Waals surface area contributed by atoms with Crippen molar-refractivity contribution >= 4 is 0 Å². The standard InChI is InChI=1S/C16H14N2O/c1-13-7-5-6-10-16(13)18-12-15(11-17-18)19-14-8-3-2-4-9-14/h2-12H,1H3. The first-order valence-corrected chi connectivity index (χ1v) is 6.16. The predicted molar refractivity (Wildman–Crippen MR) is 74.8 cm³/mol. The van der Waals surface area contributed by atoms with Gasteiger partial charge in [0.25, 0.3) is 0 Å². The average molecular weight is 250 g/mol. The molecular formula is C16H14N2O. The monoisotopic (exact) mass is 250 g/mol. The van der Waals surface area contributed by atoms with E-state index in [2.05, 4.69) is 18.1 Å². The fraction of sp³-hybridized carbons (Fsp3) is 0.0625. The van der Waals surface area contributed by atoms with Gasteiger partial charge in [0.1, 0.15) is 5.75 Å². The summed E-state index contributed by atoms with van der Waals surface area (Å²) in [5.74, 6) is 1.54. The second-order valence-electron chi connectivity index (χ2n) is 4.32. The summed E-state index contributed by atoms with van der Waals surface area (Å²) in [6.07, 6.45) is 3.61. The largest absolute Gasteiger partial charge is 0.454 e. The van der Waals surface area contributed by atoms with Crippen molar-refractivity contribution in [2.45, 2.75) is 6.92 Å². The SMILES string of the molecule is Cc1ccccc1-n1cc(Oc2ccccc2)cn1. The molecule has 0 radical (unpaired) electrons. The summed E-state index contributed by atoms with van der Waals surface area (Å²) in [5.41, 5.74) is 2.24. The van der Waals surface area contributed by atoms with Crippen molar-refractivity contribution in [1.82, 2.24) is 9.78 Å². The van der Waals surface area contributed by atoms with Crippen LogP contribution >= 0.6 is 0 Å². The first-order valence-electron chi connectivity index (χ1n) is 6.16. The van der Waals surface area contributed by atoms with Crippen LogP contribution in [0.2, 0.25) is 0 Å². The Balaban J connectivity index is 1.86. The van der Waals surface area contributed by atoms with Gasteiger partial charge in [0.15, 0.2) is 5.75 Å². The molecule has 0 aliphatic heterocycles. The van der Waals surface area contributed by atoms with Crippen LogP contribution in [0.4, 0.5) is 0 Å². The molecule has 0 aliphatic carbocycles. The third-order valence-corrected chi connectivity index (χ3v) is 2.90. The molecule has 0 unspecified atom stereocenters. The zero-order valence-electron chi connectivity index (χ0n) is 10.7. The fourth-order valence-corrected chi connectivity index (χ4v) is 1.94. The summed E-state index contributed by atoms with van der Waals surface area (Å²) in [5, 5.41) is 4.34. The number of aryl methyl sites for hydroxylation is 1. The zero-order chi connectivity index (χ0) is 13.1. The van der Waals surface area contributed by atoms with Gasteiger partial charge in [-0.15, -0.1) is 0 Å². The third-order valence-electron chi connectivity index (χ3n) is 2.90. The number of hydrogen-bond acceptors (Lipinski definition) is 2. The number of aromatic nitrogens is 2. The molecular weight excluding hydrogens is 236 g/mol. The van der Waals surface area contributed by atoms with Crippen molar-refractivity contribution in [3.63, 3.8) is 0 Å². The predicted octanol–water partition coefficient (Wildman–Crippen LogP) is 3.97. The molecule has 1 aromatic heterocycles. The van der Waals surface area contributed by atoms with Crippen LogP contribution in [0, 0.1) is 6.92 Å². The maximum atomic E-state index is 5.74. The summed E-state index contributed by atoms with van der Waals surface area (Å²) in [6, 6.07) is 17.8. The minimum absolute atomic E-state index is 0.731. The van der Waals surface area contributed by atoms with E-state index < -0.39 is 0 Å². The molecule has 0 saturated heterocycles. The Hall–Kier alpha value is -2.55. The van der Waals surface area contributed by atoms with Crippen molar-refractivity contribution in [1.29, 1.82) is 0 Å². The number of nitrogens with zero attached hydrogens (tertiary/aromatic N) is 2. The van der Waals surface area contributed by atoms with Crippen molar-refractivity contribution in [2.75, 3.05) is 0 Å². The Morgan fingerprint density at radius 2 is 1.63 bits per heavy atom. The molecule has 3 nitrogen and oxygen atoms in total. The Morgan fingerprint density at radius 3 is 2.42 bits per heavy atom. The molecule has 94 valence electrons. The smallest absolute Gasteiger partial charge is 0.165 e. The van der Waals surface area contributed by atoms with Crippen molar-refractivity contribution < 1.29 is 4.74 Å². The molecule has 3 rings (SSSR count). The fourth-order valence-electron chi connectivity index (χ4n) is 1.94. The van der Waals surface area contributed by atoms with E-state index in [1.54, 1.807) is 6.20 Å². The van der Waals surface area contributed by atoms with Crippen LogP contribution in [-0.4, -0.2) is 9.78 Å². The lowest BCUT2D eigenvalue weighted by molar-refractivity contribution is 0.482. The molecule has 19 heavy (non-hydrogen) atoms. The van der Waals surface area contributed by atoms with Gasteiger partial charge in [0.05, 0.1) is 18.1 Å². The molecule has 0 saturated carbocycles. The van der Waals surface area contributed by atoms with E-state index in [1.165, 1.54) is 5.56 Å². The minimum atomic E-state index is 0.731. The van der Waals surface area contributed by atoms with E-state index in [0.717, 1.165) is 17.2 Å². The zero-order valence-corrected chi connectivity index (χ0v) is 10.7. The topological polar surface area (TPSA) is 27.1 Å². The molecule has 0 aliphatic rings. The van der Waals surface area contributed by atoms with Gasteiger partial charge in [-0.1, -0.05) is 36.4 Å². The molecule has 0 spiro atoms. The van der Waals surface area contributed by atoms with Gasteiger partial charge >= 0.3 is 0 Å². The second kappa shape index (κ2) is 4.98. The number of rotatable bonds is 3. The van der Waals surface area contributed by atoms with Gasteiger partial charge in [-0.05, 0) is 30.7 Å². The molecule has 3 heteroatoms. The van der Waals surface area contributed by atoms with Crippen LogP contribution in [0.5, 0.6) is 11.5 Å². The van der Waals surface area contributed by atoms with Crippen LogP contribution in [0.1, 0.15) is 5.56 Å². The highest BCUT2D eigenvalue weighted by molar-refractivity contribution is 5.40. The van der Waals surface area contributed by atoms with Crippen molar-refractivity contribution in [2.24, 2.45) is 0 Å². The van der Waals surface area contributed by atoms with Gasteiger partial charge in [0.2, 0.25) is 0 Å². The highest BCUT2D eigenvalue weighted by Gasteiger charge is 2.04. The second-order valence-corrected chi connectivity index (χ2v) is 4.32. The molecule has 3 aromatic rings. The lowest BCUT2D eigenvalue weighted by Crippen LogP contribution is -1.96. The molecule has 2 aromatic carbocycles. The normalized spacial score (nSPS) is 10.4. The van der Waals surface area contributed by atoms with E-state index in [0.29, 0.717) is 0 Å². The number of para-hydroxylation sites is 2. The van der Waals surface area contributed by atoms with E-state index in [-0.39, 0.29) is 0 Å². The van der Waals surface area contributed by atoms with Crippen molar-refractivity contribution in [3.05, 3.63) is 72.6 Å². The summed E-state index contributed by atoms with van der Waals surface area (Å²) in [6.45, 7) is 2.06. The van der Waals surface area contributed by atoms with Gasteiger partial charge in [-0.2, -0.15) is 5.10 Å². The summed E-state index contributed by atoms with van der Waals surface area (Å²) in [7, 11) is 0. The van der Waals surface area contributed by atoms with Gasteiger partial charge in [-0.3, -0.25) is 0 Å². The highest BCUT2D eigenvalue weighted by atomic mass is 16.5. The Kier molecular flexibility index (Phi) is 3.02. The highest BCUT2D eigenvalue weighted by Crippen LogP contribution is 2.22. The molecule has 0 atom stereocenters. The molecule has 0 fully saturated rings. The van der Waals surface area contributed by atoms with Crippen LogP contribution in [-0.2, 0) is 0 Å². The van der Waals surface area contributed by atoms with Crippen LogP contribution in [0.25, 0.3) is 5.69 Å². The maximum absolute atomic E-state index is 5.74. The van der Waals surface area contributed by atoms with Crippen LogP contribution in [0.15, 0.2) is 67.0 Å². The van der Waals surface area contributed by atoms with E-state index in [4.69, 9.17) is 4.74 Å². The minimum Gasteiger partial charge on any atom is -0.454 e. The molecule has 0 N–H and O–H groups in total. The lowest BCUT2D eigenvalue weighted by Gasteiger charge is -2.04. The van der Waals surface area contributed by atoms with Crippen LogP contribution in [0.3, 0.4) is 0 Å². The summed E-state index contributed by atoms with van der Waals surface area (Å²) >= 11 is 0. The van der Waals surface area contributed by atoms with E-state index in [1.807, 2.05) is 59.4 Å². The molecule has 1 heterocycles. The van der Waals surface area contributed by atoms with E-state index in [9.17, 15) is 0 Å². The first kappa shape index (κ1) is 11.5. The van der Waals surface area contributed by atoms with Crippen molar-refractivity contribution in [3.8, 4) is 17.2 Å². The maximum Gasteiger partial charge on any atom is 0.165 e. The van der Waals surface area contributed by atoms with Gasteiger partial charge < -0.3 is 4.74 Å². The number of benzene rings is 2. The first-order chi connectivity index (χ1) is 9.33. The van der Waals surface area contributed by atoms with Gasteiger partial charge in [0, 0.05) is 0 Å². The summed E-state index contributed by atoms with van der Waals surface area (Å²) in [4.78, 5) is 0. The average Bonchev–Trinajstić information content (AvgIpc) is 2.89. The molecule has 0 amide bonds. The third kappa shape index (κ3) is 2.50. The number of hydrogen-bond donors (Lipinski definition) is 0. The Labute approximate surface area is 112 Å². The number of ether oxygens (including phenoxy) is 1. The quantitative estimate of drug-likeness (QED) is 0.703. The Morgan fingerprint density at radius 1 is 0.895 bits per heavy atom. The van der Waals surface area contributed by atoms with Gasteiger partial charge in [-0.25, -0.2) is 4.68 Å². The molecule has 0 bridgehead atoms.